The summed E-state index contributed by atoms with van der Waals surface area (Å²) in [7, 11) is 3.38. The fourth-order valence-corrected chi connectivity index (χ4v) is 3.56. The van der Waals surface area contributed by atoms with Crippen molar-refractivity contribution in [3.05, 3.63) is 22.7 Å². The molecule has 0 aliphatic carbocycles. The second-order valence-electron chi connectivity index (χ2n) is 7.02. The van der Waals surface area contributed by atoms with Crippen molar-refractivity contribution in [3.8, 4) is 5.75 Å². The van der Waals surface area contributed by atoms with E-state index in [9.17, 15) is 9.59 Å². The van der Waals surface area contributed by atoms with Crippen LogP contribution in [0.5, 0.6) is 5.75 Å². The molecule has 0 bridgehead atoms. The summed E-state index contributed by atoms with van der Waals surface area (Å²) in [6.07, 6.45) is 2.72. The van der Waals surface area contributed by atoms with E-state index in [2.05, 4.69) is 10.2 Å². The lowest BCUT2D eigenvalue weighted by molar-refractivity contribution is -0.138. The third-order valence-electron chi connectivity index (χ3n) is 4.92. The Morgan fingerprint density at radius 2 is 2.11 bits per heavy atom. The number of carboxylic acids is 1. The smallest absolute Gasteiger partial charge is 0.317 e. The number of hydrogen-bond acceptors (Lipinski definition) is 5. The maximum atomic E-state index is 12.5. The van der Waals surface area contributed by atoms with Gasteiger partial charge in [-0.2, -0.15) is 0 Å². The maximum Gasteiger partial charge on any atom is 0.317 e. The fourth-order valence-electron chi connectivity index (χ4n) is 3.40. The minimum Gasteiger partial charge on any atom is -0.495 e. The molecule has 1 fully saturated rings. The summed E-state index contributed by atoms with van der Waals surface area (Å²) >= 11 is 6.10. The normalized spacial score (nSPS) is 18.2. The van der Waals surface area contributed by atoms with E-state index >= 15 is 0 Å². The number of likely N-dealkylation sites (tertiary alicyclic amines) is 1. The van der Waals surface area contributed by atoms with Crippen molar-refractivity contribution in [1.82, 2.24) is 9.80 Å². The standard InChI is InChI=1S/C19H28ClN3O4/c1-13-9-16(17(27-3)10-15(13)20)21-18(24)11-23-7-4-5-14(6-8-23)22(2)12-19(25)26/h9-10,14H,4-8,11-12H2,1-3H3,(H,21,24)(H,25,26). The van der Waals surface area contributed by atoms with Crippen molar-refractivity contribution in [2.75, 3.05) is 45.7 Å². The molecule has 1 aliphatic heterocycles. The Bertz CT molecular complexity index is 683. The Kier molecular flexibility index (Phi) is 7.89. The lowest BCUT2D eigenvalue weighted by atomic mass is 10.1. The number of hydrogen-bond donors (Lipinski definition) is 2. The molecular weight excluding hydrogens is 370 g/mol. The van der Waals surface area contributed by atoms with Crippen LogP contribution in [0.2, 0.25) is 5.02 Å². The molecular formula is C19H28ClN3O4. The SMILES string of the molecule is COc1cc(Cl)c(C)cc1NC(=O)CN1CCCC(N(C)CC(=O)O)CC1. The molecule has 150 valence electrons. The highest BCUT2D eigenvalue weighted by Gasteiger charge is 2.23. The van der Waals surface area contributed by atoms with Gasteiger partial charge in [0, 0.05) is 23.7 Å². The van der Waals surface area contributed by atoms with Gasteiger partial charge >= 0.3 is 5.97 Å². The molecule has 0 saturated carbocycles. The van der Waals surface area contributed by atoms with Crippen LogP contribution in [0.25, 0.3) is 0 Å². The highest BCUT2D eigenvalue weighted by molar-refractivity contribution is 6.31. The summed E-state index contributed by atoms with van der Waals surface area (Å²) in [5.74, 6) is -0.386. The zero-order valence-corrected chi connectivity index (χ0v) is 16.9. The first kappa shape index (κ1) is 21.5. The number of carbonyl (C=O) groups excluding carboxylic acids is 1. The van der Waals surface area contributed by atoms with Crippen LogP contribution in [0.1, 0.15) is 24.8 Å². The van der Waals surface area contributed by atoms with E-state index in [1.165, 1.54) is 0 Å². The van der Waals surface area contributed by atoms with Gasteiger partial charge in [-0.15, -0.1) is 0 Å². The number of nitrogens with one attached hydrogen (secondary N) is 1. The summed E-state index contributed by atoms with van der Waals surface area (Å²) in [5, 5.41) is 12.4. The Balaban J connectivity index is 1.91. The highest BCUT2D eigenvalue weighted by Crippen LogP contribution is 2.31. The van der Waals surface area contributed by atoms with E-state index in [4.69, 9.17) is 21.4 Å². The average molecular weight is 398 g/mol. The number of aryl methyl sites for hydroxylation is 1. The van der Waals surface area contributed by atoms with Crippen molar-refractivity contribution >= 4 is 29.2 Å². The van der Waals surface area contributed by atoms with Crippen molar-refractivity contribution in [1.29, 1.82) is 0 Å². The molecule has 2 N–H and O–H groups in total. The molecule has 1 heterocycles. The van der Waals surface area contributed by atoms with Gasteiger partial charge in [0.2, 0.25) is 5.91 Å². The minimum absolute atomic E-state index is 0.0425. The number of aliphatic carboxylic acids is 1. The van der Waals surface area contributed by atoms with Crippen LogP contribution in [0, 0.1) is 6.92 Å². The van der Waals surface area contributed by atoms with Crippen molar-refractivity contribution in [3.63, 3.8) is 0 Å². The van der Waals surface area contributed by atoms with Crippen LogP contribution in [0.3, 0.4) is 0 Å². The summed E-state index contributed by atoms with van der Waals surface area (Å²) < 4.78 is 5.30. The molecule has 27 heavy (non-hydrogen) atoms. The van der Waals surface area contributed by atoms with E-state index in [1.807, 2.05) is 18.9 Å². The predicted molar refractivity (Wildman–Crippen MR) is 106 cm³/mol. The second-order valence-corrected chi connectivity index (χ2v) is 7.43. The molecule has 0 spiro atoms. The quantitative estimate of drug-likeness (QED) is 0.735. The van der Waals surface area contributed by atoms with Gasteiger partial charge in [-0.25, -0.2) is 0 Å². The molecule has 2 rings (SSSR count). The number of nitrogens with zero attached hydrogens (tertiary/aromatic N) is 2. The van der Waals surface area contributed by atoms with E-state index in [0.717, 1.165) is 37.9 Å². The van der Waals surface area contributed by atoms with Crippen molar-refractivity contribution in [2.45, 2.75) is 32.2 Å². The molecule has 1 amide bonds. The van der Waals surface area contributed by atoms with Gasteiger partial charge in [-0.05, 0) is 51.4 Å². The monoisotopic (exact) mass is 397 g/mol. The fraction of sp³-hybridized carbons (Fsp3) is 0.579. The van der Waals surface area contributed by atoms with Crippen LogP contribution in [-0.2, 0) is 9.59 Å². The molecule has 7 nitrogen and oxygen atoms in total. The van der Waals surface area contributed by atoms with Gasteiger partial charge < -0.3 is 15.2 Å². The number of halogens is 1. The highest BCUT2D eigenvalue weighted by atomic mass is 35.5. The van der Waals surface area contributed by atoms with Crippen LogP contribution >= 0.6 is 11.6 Å². The zero-order valence-electron chi connectivity index (χ0n) is 16.1. The number of rotatable bonds is 7. The summed E-state index contributed by atoms with van der Waals surface area (Å²) in [6.45, 7) is 3.79. The number of methoxy groups -OCH3 is 1. The molecule has 1 aromatic rings. The van der Waals surface area contributed by atoms with Crippen LogP contribution in [-0.4, -0.2) is 73.2 Å². The van der Waals surface area contributed by atoms with Crippen molar-refractivity contribution < 1.29 is 19.4 Å². The molecule has 0 radical (unpaired) electrons. The van der Waals surface area contributed by atoms with Crippen LogP contribution < -0.4 is 10.1 Å². The van der Waals surface area contributed by atoms with Crippen molar-refractivity contribution in [2.24, 2.45) is 0 Å². The first-order chi connectivity index (χ1) is 12.8. The second kappa shape index (κ2) is 9.92. The lowest BCUT2D eigenvalue weighted by Gasteiger charge is -2.25. The Labute approximate surface area is 165 Å². The van der Waals surface area contributed by atoms with Crippen LogP contribution in [0.15, 0.2) is 12.1 Å². The summed E-state index contributed by atoms with van der Waals surface area (Å²) in [4.78, 5) is 27.4. The Morgan fingerprint density at radius 3 is 2.78 bits per heavy atom. The number of carboxylic acid groups (broad SMARTS) is 1. The summed E-state index contributed by atoms with van der Waals surface area (Å²) in [6, 6.07) is 3.73. The largest absolute Gasteiger partial charge is 0.495 e. The first-order valence-corrected chi connectivity index (χ1v) is 9.46. The van der Waals surface area contributed by atoms with Crippen LogP contribution in [0.4, 0.5) is 5.69 Å². The molecule has 1 aromatic carbocycles. The number of anilines is 1. The lowest BCUT2D eigenvalue weighted by Crippen LogP contribution is -2.37. The molecule has 0 aromatic heterocycles. The van der Waals surface area contributed by atoms with E-state index in [-0.39, 0.29) is 18.5 Å². The topological polar surface area (TPSA) is 82.1 Å². The van der Waals surface area contributed by atoms with E-state index in [0.29, 0.717) is 23.0 Å². The van der Waals surface area contributed by atoms with E-state index < -0.39 is 5.97 Å². The average Bonchev–Trinajstić information content (AvgIpc) is 2.83. The maximum absolute atomic E-state index is 12.5. The molecule has 1 aliphatic rings. The van der Waals surface area contributed by atoms with Gasteiger partial charge in [0.1, 0.15) is 5.75 Å². The predicted octanol–water partition coefficient (Wildman–Crippen LogP) is 2.47. The molecule has 1 atom stereocenters. The third kappa shape index (κ3) is 6.37. The first-order valence-electron chi connectivity index (χ1n) is 9.08. The Morgan fingerprint density at radius 1 is 1.37 bits per heavy atom. The van der Waals surface area contributed by atoms with Gasteiger partial charge in [0.15, 0.2) is 0 Å². The van der Waals surface area contributed by atoms with E-state index in [1.54, 1.807) is 19.2 Å². The van der Waals surface area contributed by atoms with Gasteiger partial charge in [0.25, 0.3) is 0 Å². The third-order valence-corrected chi connectivity index (χ3v) is 5.33. The molecule has 1 unspecified atom stereocenters. The minimum atomic E-state index is -0.815. The number of amides is 1. The zero-order chi connectivity index (χ0) is 20.0. The molecule has 8 heteroatoms. The Hall–Kier alpha value is -1.83. The van der Waals surface area contributed by atoms with Gasteiger partial charge in [0.05, 0.1) is 25.9 Å². The summed E-state index contributed by atoms with van der Waals surface area (Å²) in [5.41, 5.74) is 1.48. The number of likely N-dealkylation sites (N-methyl/N-ethyl adjacent to an activating group) is 1. The number of ether oxygens (including phenoxy) is 1. The number of benzene rings is 1. The number of carbonyl (C=O) groups is 2. The van der Waals surface area contributed by atoms with Gasteiger partial charge in [-0.3, -0.25) is 19.4 Å². The molecule has 1 saturated heterocycles. The van der Waals surface area contributed by atoms with Gasteiger partial charge in [-0.1, -0.05) is 11.6 Å².